The molecule has 4 rings (SSSR count). The van der Waals surface area contributed by atoms with Gasteiger partial charge in [-0.05, 0) is 75.2 Å². The van der Waals surface area contributed by atoms with Gasteiger partial charge >= 0.3 is 0 Å². The Morgan fingerprint density at radius 2 is 1.84 bits per heavy atom. The monoisotopic (exact) mass is 439 g/mol. The van der Waals surface area contributed by atoms with Gasteiger partial charge in [0, 0.05) is 36.6 Å². The summed E-state index contributed by atoms with van der Waals surface area (Å²) in [6.07, 6.45) is 4.02. The van der Waals surface area contributed by atoms with Crippen LogP contribution in [-0.4, -0.2) is 54.3 Å². The second-order valence-corrected chi connectivity index (χ2v) is 10.0. The predicted octanol–water partition coefficient (Wildman–Crippen LogP) is 3.94. The maximum atomic E-state index is 12.8. The molecule has 2 aliphatic rings. The lowest BCUT2D eigenvalue weighted by molar-refractivity contribution is -0.126. The fourth-order valence-electron chi connectivity index (χ4n) is 4.62. The summed E-state index contributed by atoms with van der Waals surface area (Å²) in [6, 6.07) is 12.0. The molecule has 166 valence electrons. The number of hydrogen-bond donors (Lipinski definition) is 1. The van der Waals surface area contributed by atoms with Crippen LogP contribution in [0.15, 0.2) is 41.8 Å². The maximum Gasteiger partial charge on any atom is 0.253 e. The van der Waals surface area contributed by atoms with Crippen molar-refractivity contribution < 1.29 is 9.59 Å². The van der Waals surface area contributed by atoms with E-state index in [-0.39, 0.29) is 17.7 Å². The van der Waals surface area contributed by atoms with Crippen LogP contribution in [0.1, 0.15) is 46.5 Å². The molecule has 5 nitrogen and oxygen atoms in total. The second-order valence-electron chi connectivity index (χ2n) is 9.00. The number of rotatable bonds is 6. The van der Waals surface area contributed by atoms with Crippen molar-refractivity contribution in [3.63, 3.8) is 0 Å². The summed E-state index contributed by atoms with van der Waals surface area (Å²) in [4.78, 5) is 31.4. The Morgan fingerprint density at radius 1 is 1.06 bits per heavy atom. The van der Waals surface area contributed by atoms with E-state index in [0.29, 0.717) is 18.0 Å². The molecule has 2 aliphatic heterocycles. The summed E-state index contributed by atoms with van der Waals surface area (Å²) in [5.74, 6) is 0.609. The Balaban J connectivity index is 1.21. The molecule has 2 amide bonds. The van der Waals surface area contributed by atoms with Crippen LogP contribution >= 0.6 is 11.3 Å². The molecule has 1 aromatic heterocycles. The van der Waals surface area contributed by atoms with Crippen LogP contribution in [0.3, 0.4) is 0 Å². The zero-order valence-electron chi connectivity index (χ0n) is 18.4. The Hall–Kier alpha value is -2.18. The van der Waals surface area contributed by atoms with Gasteiger partial charge in [0.15, 0.2) is 0 Å². The summed E-state index contributed by atoms with van der Waals surface area (Å²) in [7, 11) is 0. The molecule has 0 bridgehead atoms. The molecule has 0 radical (unpaired) electrons. The minimum absolute atomic E-state index is 0.0376. The minimum Gasteiger partial charge on any atom is -0.356 e. The zero-order chi connectivity index (χ0) is 21.6. The third-order valence-corrected chi connectivity index (χ3v) is 7.47. The molecule has 6 heteroatoms. The molecule has 1 aromatic carbocycles. The SMILES string of the molecule is Cc1ccc(C(=O)N2CCCC(C(=O)NCC3CCN(Cc4cccs4)CC3)C2)cc1. The first-order valence-electron chi connectivity index (χ1n) is 11.5. The van der Waals surface area contributed by atoms with E-state index in [9.17, 15) is 9.59 Å². The number of carbonyl (C=O) groups excluding carboxylic acids is 2. The van der Waals surface area contributed by atoms with Gasteiger partial charge in [0.05, 0.1) is 5.92 Å². The fraction of sp³-hybridized carbons (Fsp3) is 0.520. The van der Waals surface area contributed by atoms with Gasteiger partial charge < -0.3 is 10.2 Å². The maximum absolute atomic E-state index is 12.8. The zero-order valence-corrected chi connectivity index (χ0v) is 19.2. The molecule has 1 unspecified atom stereocenters. The van der Waals surface area contributed by atoms with E-state index in [2.05, 4.69) is 27.7 Å². The van der Waals surface area contributed by atoms with Crippen LogP contribution in [-0.2, 0) is 11.3 Å². The first-order valence-corrected chi connectivity index (χ1v) is 12.3. The number of likely N-dealkylation sites (tertiary alicyclic amines) is 2. The van der Waals surface area contributed by atoms with Crippen molar-refractivity contribution in [3.05, 3.63) is 57.8 Å². The third kappa shape index (κ3) is 5.95. The van der Waals surface area contributed by atoms with E-state index >= 15 is 0 Å². The first-order chi connectivity index (χ1) is 15.1. The van der Waals surface area contributed by atoms with Crippen LogP contribution in [0.5, 0.6) is 0 Å². The van der Waals surface area contributed by atoms with E-state index in [4.69, 9.17) is 0 Å². The van der Waals surface area contributed by atoms with Gasteiger partial charge in [-0.2, -0.15) is 0 Å². The molecular formula is C25H33N3O2S. The van der Waals surface area contributed by atoms with Crippen molar-refractivity contribution in [3.8, 4) is 0 Å². The van der Waals surface area contributed by atoms with Crippen molar-refractivity contribution in [2.24, 2.45) is 11.8 Å². The number of nitrogens with zero attached hydrogens (tertiary/aromatic N) is 2. The van der Waals surface area contributed by atoms with Gasteiger partial charge in [0.25, 0.3) is 5.91 Å². The third-order valence-electron chi connectivity index (χ3n) is 6.61. The lowest BCUT2D eigenvalue weighted by Gasteiger charge is -2.34. The highest BCUT2D eigenvalue weighted by molar-refractivity contribution is 7.09. The van der Waals surface area contributed by atoms with E-state index < -0.39 is 0 Å². The number of hydrogen-bond acceptors (Lipinski definition) is 4. The highest BCUT2D eigenvalue weighted by Gasteiger charge is 2.29. The number of piperidine rings is 2. The molecule has 31 heavy (non-hydrogen) atoms. The van der Waals surface area contributed by atoms with Gasteiger partial charge in [-0.1, -0.05) is 23.8 Å². The van der Waals surface area contributed by atoms with Crippen LogP contribution in [0.25, 0.3) is 0 Å². The van der Waals surface area contributed by atoms with E-state index in [0.717, 1.165) is 64.0 Å². The van der Waals surface area contributed by atoms with E-state index in [1.54, 1.807) is 0 Å². The van der Waals surface area contributed by atoms with Crippen LogP contribution in [0.2, 0.25) is 0 Å². The quantitative estimate of drug-likeness (QED) is 0.742. The minimum atomic E-state index is -0.0953. The molecule has 3 heterocycles. The second kappa shape index (κ2) is 10.4. The molecule has 2 aromatic rings. The number of nitrogens with one attached hydrogen (secondary N) is 1. The van der Waals surface area contributed by atoms with Crippen molar-refractivity contribution in [2.45, 2.75) is 39.2 Å². The molecule has 0 spiro atoms. The summed E-state index contributed by atoms with van der Waals surface area (Å²) in [5, 5.41) is 5.33. The van der Waals surface area contributed by atoms with Crippen LogP contribution in [0.4, 0.5) is 0 Å². The molecule has 1 atom stereocenters. The average Bonchev–Trinajstić information content (AvgIpc) is 3.31. The number of aryl methyl sites for hydroxylation is 1. The van der Waals surface area contributed by atoms with Crippen molar-refractivity contribution in [1.82, 2.24) is 15.1 Å². The van der Waals surface area contributed by atoms with Gasteiger partial charge in [0.2, 0.25) is 5.91 Å². The molecule has 2 saturated heterocycles. The number of thiophene rings is 1. The predicted molar refractivity (Wildman–Crippen MR) is 125 cm³/mol. The van der Waals surface area contributed by atoms with Gasteiger partial charge in [-0.3, -0.25) is 14.5 Å². The van der Waals surface area contributed by atoms with Gasteiger partial charge in [-0.15, -0.1) is 11.3 Å². The first kappa shape index (κ1) is 22.0. The number of amides is 2. The molecular weight excluding hydrogens is 406 g/mol. The Morgan fingerprint density at radius 3 is 2.55 bits per heavy atom. The van der Waals surface area contributed by atoms with Crippen LogP contribution < -0.4 is 5.32 Å². The number of carbonyl (C=O) groups is 2. The van der Waals surface area contributed by atoms with E-state index in [1.165, 1.54) is 4.88 Å². The largest absolute Gasteiger partial charge is 0.356 e. The highest BCUT2D eigenvalue weighted by atomic mass is 32.1. The van der Waals surface area contributed by atoms with E-state index in [1.807, 2.05) is 47.4 Å². The summed E-state index contributed by atoms with van der Waals surface area (Å²) >= 11 is 1.82. The molecule has 1 N–H and O–H groups in total. The Bertz CT molecular complexity index is 857. The Kier molecular flexibility index (Phi) is 7.41. The Labute approximate surface area is 189 Å². The lowest BCUT2D eigenvalue weighted by atomic mass is 9.94. The summed E-state index contributed by atoms with van der Waals surface area (Å²) in [6.45, 7) is 7.28. The van der Waals surface area contributed by atoms with Crippen molar-refractivity contribution in [1.29, 1.82) is 0 Å². The van der Waals surface area contributed by atoms with Crippen molar-refractivity contribution in [2.75, 3.05) is 32.7 Å². The molecule has 2 fully saturated rings. The van der Waals surface area contributed by atoms with Crippen molar-refractivity contribution >= 4 is 23.2 Å². The standard InChI is InChI=1S/C25H33N3O2S/c1-19-6-8-21(9-7-19)25(30)28-12-2-4-22(17-28)24(29)26-16-20-10-13-27(14-11-20)18-23-5-3-15-31-23/h3,5-9,15,20,22H,2,4,10-14,16-18H2,1H3,(H,26,29). The molecule has 0 aliphatic carbocycles. The normalized spacial score (nSPS) is 20.5. The number of benzene rings is 1. The topological polar surface area (TPSA) is 52.7 Å². The molecule has 0 saturated carbocycles. The fourth-order valence-corrected chi connectivity index (χ4v) is 5.36. The van der Waals surface area contributed by atoms with Gasteiger partial charge in [0.1, 0.15) is 0 Å². The summed E-state index contributed by atoms with van der Waals surface area (Å²) < 4.78 is 0. The van der Waals surface area contributed by atoms with Crippen LogP contribution in [0, 0.1) is 18.8 Å². The smallest absolute Gasteiger partial charge is 0.253 e. The summed E-state index contributed by atoms with van der Waals surface area (Å²) in [5.41, 5.74) is 1.85. The average molecular weight is 440 g/mol. The highest BCUT2D eigenvalue weighted by Crippen LogP contribution is 2.22. The lowest BCUT2D eigenvalue weighted by Crippen LogP contribution is -2.46. The van der Waals surface area contributed by atoms with Gasteiger partial charge in [-0.25, -0.2) is 0 Å².